The normalized spacial score (nSPS) is 20.9. The second-order valence-electron chi connectivity index (χ2n) is 5.07. The minimum absolute atomic E-state index is 0.00942. The number of hydrogen-bond acceptors (Lipinski definition) is 5. The summed E-state index contributed by atoms with van der Waals surface area (Å²) in [6.45, 7) is 2.29. The van der Waals surface area contributed by atoms with Gasteiger partial charge in [-0.25, -0.2) is 4.39 Å². The van der Waals surface area contributed by atoms with Gasteiger partial charge in [0.2, 0.25) is 0 Å². The number of halogens is 1. The van der Waals surface area contributed by atoms with Crippen LogP contribution < -0.4 is 10.2 Å². The number of carbonyl (C=O) groups is 2. The summed E-state index contributed by atoms with van der Waals surface area (Å²) in [5.74, 6) is -1.49. The van der Waals surface area contributed by atoms with Crippen LogP contribution in [-0.2, 0) is 14.3 Å². The SMILES string of the molecule is O=C1NC(=S)N(c2ccc(F)cc2)C(=O)C1=CN1CCOCC1. The van der Waals surface area contributed by atoms with Crippen LogP contribution in [0.3, 0.4) is 0 Å². The van der Waals surface area contributed by atoms with Crippen molar-refractivity contribution < 1.29 is 18.7 Å². The van der Waals surface area contributed by atoms with Gasteiger partial charge in [0.1, 0.15) is 11.4 Å². The Morgan fingerprint density at radius 1 is 1.17 bits per heavy atom. The maximum Gasteiger partial charge on any atom is 0.271 e. The Balaban J connectivity index is 1.90. The van der Waals surface area contributed by atoms with Gasteiger partial charge in [-0.3, -0.25) is 19.8 Å². The van der Waals surface area contributed by atoms with Crippen molar-refractivity contribution in [3.63, 3.8) is 0 Å². The molecule has 1 aromatic rings. The monoisotopic (exact) mass is 335 g/mol. The Bertz CT molecular complexity index is 684. The van der Waals surface area contributed by atoms with Crippen LogP contribution in [0.4, 0.5) is 10.1 Å². The molecule has 6 nitrogen and oxygen atoms in total. The van der Waals surface area contributed by atoms with Crippen molar-refractivity contribution in [3.8, 4) is 0 Å². The molecule has 0 aliphatic carbocycles. The zero-order valence-electron chi connectivity index (χ0n) is 12.1. The largest absolute Gasteiger partial charge is 0.378 e. The lowest BCUT2D eigenvalue weighted by atomic mass is 10.1. The Hall–Kier alpha value is -2.32. The molecule has 3 rings (SSSR count). The van der Waals surface area contributed by atoms with Gasteiger partial charge in [-0.15, -0.1) is 0 Å². The summed E-state index contributed by atoms with van der Waals surface area (Å²) in [6, 6.07) is 5.33. The number of hydrogen-bond donors (Lipinski definition) is 1. The van der Waals surface area contributed by atoms with E-state index in [1.54, 1.807) is 0 Å². The molecule has 1 aromatic carbocycles. The van der Waals surface area contributed by atoms with Gasteiger partial charge in [-0.05, 0) is 36.5 Å². The fraction of sp³-hybridized carbons (Fsp3) is 0.267. The second kappa shape index (κ2) is 6.43. The molecule has 0 spiro atoms. The smallest absolute Gasteiger partial charge is 0.271 e. The lowest BCUT2D eigenvalue weighted by molar-refractivity contribution is -0.122. The minimum Gasteiger partial charge on any atom is -0.378 e. The van der Waals surface area contributed by atoms with Gasteiger partial charge in [0, 0.05) is 19.3 Å². The molecule has 0 saturated carbocycles. The maximum atomic E-state index is 13.1. The van der Waals surface area contributed by atoms with E-state index in [-0.39, 0.29) is 10.7 Å². The van der Waals surface area contributed by atoms with Crippen molar-refractivity contribution in [3.05, 3.63) is 41.9 Å². The third-order valence-corrected chi connectivity index (χ3v) is 3.83. The van der Waals surface area contributed by atoms with Crippen molar-refractivity contribution in [1.29, 1.82) is 0 Å². The van der Waals surface area contributed by atoms with Crippen LogP contribution in [-0.4, -0.2) is 48.1 Å². The number of rotatable bonds is 2. The molecule has 0 unspecified atom stereocenters. The van der Waals surface area contributed by atoms with Crippen LogP contribution in [0.25, 0.3) is 0 Å². The van der Waals surface area contributed by atoms with E-state index >= 15 is 0 Å². The lowest BCUT2D eigenvalue weighted by Crippen LogP contribution is -2.54. The van der Waals surface area contributed by atoms with Gasteiger partial charge in [0.25, 0.3) is 11.8 Å². The van der Waals surface area contributed by atoms with Gasteiger partial charge in [0.15, 0.2) is 5.11 Å². The number of thiocarbonyl (C=S) groups is 1. The number of amides is 2. The van der Waals surface area contributed by atoms with E-state index in [1.807, 2.05) is 4.90 Å². The first-order valence-electron chi connectivity index (χ1n) is 7.05. The molecule has 0 atom stereocenters. The molecule has 2 aliphatic rings. The van der Waals surface area contributed by atoms with Crippen molar-refractivity contribution in [2.75, 3.05) is 31.2 Å². The average Bonchev–Trinajstić information content (AvgIpc) is 2.54. The third-order valence-electron chi connectivity index (χ3n) is 3.54. The number of carbonyl (C=O) groups excluding carboxylic acids is 2. The standard InChI is InChI=1S/C15H14FN3O3S/c16-10-1-3-11(4-2-10)19-14(21)12(13(20)17-15(19)23)9-18-5-7-22-8-6-18/h1-4,9H,5-8H2,(H,17,20,23). The first-order chi connectivity index (χ1) is 11.1. The molecule has 0 bridgehead atoms. The predicted octanol–water partition coefficient (Wildman–Crippen LogP) is 0.789. The summed E-state index contributed by atoms with van der Waals surface area (Å²) >= 11 is 5.07. The van der Waals surface area contributed by atoms with E-state index in [2.05, 4.69) is 5.32 Å². The molecule has 2 fully saturated rings. The molecule has 2 aliphatic heterocycles. The highest BCUT2D eigenvalue weighted by Gasteiger charge is 2.35. The van der Waals surface area contributed by atoms with E-state index in [4.69, 9.17) is 17.0 Å². The summed E-state index contributed by atoms with van der Waals surface area (Å²) in [7, 11) is 0. The summed E-state index contributed by atoms with van der Waals surface area (Å²) in [6.07, 6.45) is 1.53. The summed E-state index contributed by atoms with van der Waals surface area (Å²) in [5.41, 5.74) is 0.388. The summed E-state index contributed by atoms with van der Waals surface area (Å²) in [5, 5.41) is 2.47. The quantitative estimate of drug-likeness (QED) is 0.492. The first kappa shape index (κ1) is 15.6. The molecule has 23 heavy (non-hydrogen) atoms. The third kappa shape index (κ3) is 3.22. The molecule has 120 valence electrons. The molecule has 2 amide bonds. The Labute approximate surface area is 137 Å². The molecule has 2 heterocycles. The van der Waals surface area contributed by atoms with Crippen molar-refractivity contribution in [2.45, 2.75) is 0 Å². The van der Waals surface area contributed by atoms with E-state index in [9.17, 15) is 14.0 Å². The van der Waals surface area contributed by atoms with E-state index in [1.165, 1.54) is 35.4 Å². The molecule has 0 radical (unpaired) electrons. The van der Waals surface area contributed by atoms with Gasteiger partial charge in [0.05, 0.1) is 18.9 Å². The number of nitrogens with one attached hydrogen (secondary N) is 1. The van der Waals surface area contributed by atoms with E-state index in [0.29, 0.717) is 32.0 Å². The summed E-state index contributed by atoms with van der Waals surface area (Å²) < 4.78 is 18.3. The van der Waals surface area contributed by atoms with Gasteiger partial charge >= 0.3 is 0 Å². The predicted molar refractivity (Wildman–Crippen MR) is 85.1 cm³/mol. The number of ether oxygens (including phenoxy) is 1. The molecule has 8 heteroatoms. The van der Waals surface area contributed by atoms with E-state index in [0.717, 1.165) is 0 Å². The number of anilines is 1. The zero-order valence-corrected chi connectivity index (χ0v) is 12.9. The molecule has 1 N–H and O–H groups in total. The zero-order chi connectivity index (χ0) is 16.4. The van der Waals surface area contributed by atoms with Crippen LogP contribution in [0.2, 0.25) is 0 Å². The van der Waals surface area contributed by atoms with Crippen molar-refractivity contribution in [2.24, 2.45) is 0 Å². The van der Waals surface area contributed by atoms with Crippen LogP contribution in [0.15, 0.2) is 36.0 Å². The van der Waals surface area contributed by atoms with Crippen molar-refractivity contribution in [1.82, 2.24) is 10.2 Å². The van der Waals surface area contributed by atoms with Crippen LogP contribution in [0.5, 0.6) is 0 Å². The number of nitrogens with zero attached hydrogens (tertiary/aromatic N) is 2. The molecular weight excluding hydrogens is 321 g/mol. The highest BCUT2D eigenvalue weighted by Crippen LogP contribution is 2.21. The Kier molecular flexibility index (Phi) is 4.35. The summed E-state index contributed by atoms with van der Waals surface area (Å²) in [4.78, 5) is 27.8. The average molecular weight is 335 g/mol. The Morgan fingerprint density at radius 3 is 2.48 bits per heavy atom. The highest BCUT2D eigenvalue weighted by molar-refractivity contribution is 7.80. The van der Waals surface area contributed by atoms with E-state index < -0.39 is 17.6 Å². The van der Waals surface area contributed by atoms with Crippen molar-refractivity contribution >= 4 is 34.8 Å². The number of morpholine rings is 1. The topological polar surface area (TPSA) is 61.9 Å². The maximum absolute atomic E-state index is 13.1. The van der Waals surface area contributed by atoms with Gasteiger partial charge < -0.3 is 9.64 Å². The lowest BCUT2D eigenvalue weighted by Gasteiger charge is -2.31. The molecule has 0 aromatic heterocycles. The minimum atomic E-state index is -0.537. The molecular formula is C15H14FN3O3S. The Morgan fingerprint density at radius 2 is 1.83 bits per heavy atom. The van der Waals surface area contributed by atoms with Gasteiger partial charge in [-0.1, -0.05) is 0 Å². The fourth-order valence-corrected chi connectivity index (χ4v) is 2.64. The van der Waals surface area contributed by atoms with Crippen LogP contribution in [0.1, 0.15) is 0 Å². The van der Waals surface area contributed by atoms with Crippen LogP contribution >= 0.6 is 12.2 Å². The van der Waals surface area contributed by atoms with Crippen LogP contribution in [0, 0.1) is 5.82 Å². The molecule has 2 saturated heterocycles. The van der Waals surface area contributed by atoms with Gasteiger partial charge in [-0.2, -0.15) is 0 Å². The highest BCUT2D eigenvalue weighted by atomic mass is 32.1. The first-order valence-corrected chi connectivity index (χ1v) is 7.46. The fourth-order valence-electron chi connectivity index (χ4n) is 2.36. The number of benzene rings is 1. The second-order valence-corrected chi connectivity index (χ2v) is 5.45.